The van der Waals surface area contributed by atoms with Gasteiger partial charge < -0.3 is 0 Å². The smallest absolute Gasteiger partial charge is 0.271 e. The van der Waals surface area contributed by atoms with Crippen LogP contribution in [0.25, 0.3) is 22.0 Å². The zero-order valence-electron chi connectivity index (χ0n) is 13.5. The van der Waals surface area contributed by atoms with E-state index < -0.39 is 15.8 Å². The van der Waals surface area contributed by atoms with Crippen LogP contribution in [0.5, 0.6) is 0 Å². The van der Waals surface area contributed by atoms with Crippen LogP contribution in [0, 0.1) is 11.7 Å². The van der Waals surface area contributed by atoms with E-state index in [9.17, 15) is 17.6 Å². The maximum atomic E-state index is 13.9. The van der Waals surface area contributed by atoms with Gasteiger partial charge in [0.25, 0.3) is 5.56 Å². The quantitative estimate of drug-likeness (QED) is 0.710. The van der Waals surface area contributed by atoms with E-state index in [-0.39, 0.29) is 21.0 Å². The number of hydrogen-bond acceptors (Lipinski definition) is 3. The van der Waals surface area contributed by atoms with Crippen molar-refractivity contribution in [2.45, 2.75) is 24.3 Å². The van der Waals surface area contributed by atoms with Gasteiger partial charge in [-0.1, -0.05) is 17.7 Å². The molecule has 0 unspecified atom stereocenters. The van der Waals surface area contributed by atoms with Crippen LogP contribution in [0.2, 0.25) is 5.02 Å². The average molecular weight is 396 g/mol. The summed E-state index contributed by atoms with van der Waals surface area (Å²) in [5.41, 5.74) is 0.661. The van der Waals surface area contributed by atoms with Crippen molar-refractivity contribution in [1.82, 2.24) is 9.78 Å². The second-order valence-corrected chi connectivity index (χ2v) is 8.41. The lowest BCUT2D eigenvalue weighted by Crippen LogP contribution is -2.14. The third-order valence-corrected chi connectivity index (χ3v) is 5.88. The Kier molecular flexibility index (Phi) is 3.94. The molecule has 0 radical (unpaired) electrons. The van der Waals surface area contributed by atoms with Crippen molar-refractivity contribution >= 4 is 32.5 Å². The molecule has 1 saturated carbocycles. The molecule has 3 aromatic rings. The Labute approximate surface area is 153 Å². The summed E-state index contributed by atoms with van der Waals surface area (Å²) in [5.74, 6) is -0.207. The highest BCUT2D eigenvalue weighted by molar-refractivity contribution is 7.89. The molecule has 0 spiro atoms. The number of sulfonamides is 1. The Morgan fingerprint density at radius 3 is 2.65 bits per heavy atom. The fourth-order valence-corrected chi connectivity index (χ4v) is 4.19. The number of hydrogen-bond donors (Lipinski definition) is 2. The van der Waals surface area contributed by atoms with E-state index >= 15 is 0 Å². The summed E-state index contributed by atoms with van der Waals surface area (Å²) in [4.78, 5) is 12.0. The Balaban J connectivity index is 1.94. The van der Waals surface area contributed by atoms with E-state index in [1.807, 2.05) is 0 Å². The molecule has 0 amide bonds. The maximum absolute atomic E-state index is 13.9. The molecule has 0 saturated heterocycles. The van der Waals surface area contributed by atoms with E-state index in [1.165, 1.54) is 6.07 Å². The topological polar surface area (TPSA) is 98.0 Å². The first-order valence-corrected chi connectivity index (χ1v) is 9.92. The lowest BCUT2D eigenvalue weighted by molar-refractivity contribution is 0.576. The van der Waals surface area contributed by atoms with Gasteiger partial charge in [-0.25, -0.2) is 17.9 Å². The van der Waals surface area contributed by atoms with Gasteiger partial charge in [0, 0.05) is 12.1 Å². The Bertz CT molecular complexity index is 1200. The number of halogens is 2. The summed E-state index contributed by atoms with van der Waals surface area (Å²) in [6.45, 7) is 0.723. The number of nitrogens with zero attached hydrogens (tertiary/aromatic N) is 1. The van der Waals surface area contributed by atoms with Crippen molar-refractivity contribution < 1.29 is 12.8 Å². The van der Waals surface area contributed by atoms with Crippen LogP contribution in [0.15, 0.2) is 40.0 Å². The molecule has 26 heavy (non-hydrogen) atoms. The lowest BCUT2D eigenvalue weighted by atomic mass is 10.0. The lowest BCUT2D eigenvalue weighted by Gasteiger charge is -2.11. The Hall–Kier alpha value is -2.16. The summed E-state index contributed by atoms with van der Waals surface area (Å²) in [7, 11) is -4.13. The number of primary sulfonamides is 1. The largest absolute Gasteiger partial charge is 0.284 e. The minimum atomic E-state index is -4.13. The molecule has 1 aliphatic carbocycles. The van der Waals surface area contributed by atoms with Crippen LogP contribution < -0.4 is 10.7 Å². The number of aromatic nitrogens is 2. The van der Waals surface area contributed by atoms with E-state index in [4.69, 9.17) is 16.7 Å². The van der Waals surface area contributed by atoms with Crippen molar-refractivity contribution in [3.63, 3.8) is 0 Å². The molecule has 1 fully saturated rings. The number of nitrogens with two attached hydrogens (primary N) is 1. The highest BCUT2D eigenvalue weighted by Gasteiger charge is 2.24. The monoisotopic (exact) mass is 395 g/mol. The zero-order valence-corrected chi connectivity index (χ0v) is 15.1. The van der Waals surface area contributed by atoms with Gasteiger partial charge in [0.2, 0.25) is 10.0 Å². The summed E-state index contributed by atoms with van der Waals surface area (Å²) in [5, 5.41) is 8.05. The summed E-state index contributed by atoms with van der Waals surface area (Å²) >= 11 is 6.03. The predicted molar refractivity (Wildman–Crippen MR) is 97.1 cm³/mol. The molecule has 136 valence electrons. The van der Waals surface area contributed by atoms with Crippen LogP contribution in [0.1, 0.15) is 12.8 Å². The molecule has 4 rings (SSSR count). The molecule has 3 N–H and O–H groups in total. The molecule has 0 bridgehead atoms. The maximum Gasteiger partial charge on any atom is 0.271 e. The van der Waals surface area contributed by atoms with E-state index in [1.54, 1.807) is 16.8 Å². The van der Waals surface area contributed by atoms with Crippen molar-refractivity contribution in [3.8, 4) is 11.1 Å². The Morgan fingerprint density at radius 2 is 2.00 bits per heavy atom. The molecule has 0 atom stereocenters. The van der Waals surface area contributed by atoms with Gasteiger partial charge in [0.1, 0.15) is 5.82 Å². The van der Waals surface area contributed by atoms with Crippen LogP contribution >= 0.6 is 11.6 Å². The molecular weight excluding hydrogens is 381 g/mol. The molecule has 2 aromatic carbocycles. The first kappa shape index (κ1) is 17.3. The standard InChI is InChI=1S/C17H15ClFN3O3S/c18-16-12(19)4-6-14(26(20,24)25)15(16)10-3-5-13-11(7-10)17(23)21-22(13)8-9-1-2-9/h3-7,9H,1-2,8H2,(H,21,23)(H2,20,24,25). The van der Waals surface area contributed by atoms with Gasteiger partial charge in [-0.05, 0) is 48.6 Å². The number of aromatic amines is 1. The SMILES string of the molecule is NS(=O)(=O)c1ccc(F)c(Cl)c1-c1ccc2c(c1)c(=O)[nH]n2CC1CC1. The van der Waals surface area contributed by atoms with Gasteiger partial charge in [-0.2, -0.15) is 0 Å². The second-order valence-electron chi connectivity index (χ2n) is 6.51. The van der Waals surface area contributed by atoms with Crippen LogP contribution in [0.3, 0.4) is 0 Å². The van der Waals surface area contributed by atoms with Gasteiger partial charge in [-0.3, -0.25) is 14.6 Å². The fraction of sp³-hybridized carbons (Fsp3) is 0.235. The van der Waals surface area contributed by atoms with Gasteiger partial charge in [0.15, 0.2) is 0 Å². The van der Waals surface area contributed by atoms with Gasteiger partial charge in [-0.15, -0.1) is 0 Å². The van der Waals surface area contributed by atoms with E-state index in [2.05, 4.69) is 5.10 Å². The predicted octanol–water partition coefficient (Wildman–Crippen LogP) is 2.85. The van der Waals surface area contributed by atoms with Crippen molar-refractivity contribution in [1.29, 1.82) is 0 Å². The molecule has 1 heterocycles. The first-order chi connectivity index (χ1) is 12.3. The highest BCUT2D eigenvalue weighted by Crippen LogP contribution is 2.37. The summed E-state index contributed by atoms with van der Waals surface area (Å²) < 4.78 is 39.5. The summed E-state index contributed by atoms with van der Waals surface area (Å²) in [6, 6.07) is 6.82. The number of rotatable bonds is 4. The van der Waals surface area contributed by atoms with Crippen LogP contribution in [-0.4, -0.2) is 18.2 Å². The normalized spacial score (nSPS) is 14.9. The molecule has 1 aliphatic rings. The number of nitrogens with one attached hydrogen (secondary N) is 1. The number of benzene rings is 2. The number of fused-ring (bicyclic) bond motifs is 1. The first-order valence-electron chi connectivity index (χ1n) is 7.99. The third kappa shape index (κ3) is 2.94. The average Bonchev–Trinajstić information content (AvgIpc) is 3.33. The minimum absolute atomic E-state index is 0.0505. The molecule has 6 nitrogen and oxygen atoms in total. The summed E-state index contributed by atoms with van der Waals surface area (Å²) in [6.07, 6.45) is 2.27. The second kappa shape index (κ2) is 5.94. The third-order valence-electron chi connectivity index (χ3n) is 4.56. The van der Waals surface area contributed by atoms with E-state index in [0.717, 1.165) is 31.5 Å². The minimum Gasteiger partial charge on any atom is -0.284 e. The fourth-order valence-electron chi connectivity index (χ4n) is 3.09. The number of H-pyrrole nitrogens is 1. The molecule has 1 aromatic heterocycles. The molecular formula is C17H15ClFN3O3S. The van der Waals surface area contributed by atoms with Crippen molar-refractivity contribution in [2.24, 2.45) is 11.1 Å². The van der Waals surface area contributed by atoms with Gasteiger partial charge >= 0.3 is 0 Å². The van der Waals surface area contributed by atoms with Crippen molar-refractivity contribution in [2.75, 3.05) is 0 Å². The Morgan fingerprint density at radius 1 is 1.27 bits per heavy atom. The van der Waals surface area contributed by atoms with Crippen LogP contribution in [0.4, 0.5) is 4.39 Å². The zero-order chi connectivity index (χ0) is 18.6. The molecule has 0 aliphatic heterocycles. The van der Waals surface area contributed by atoms with Crippen molar-refractivity contribution in [3.05, 3.63) is 51.5 Å². The highest BCUT2D eigenvalue weighted by atomic mass is 35.5. The van der Waals surface area contributed by atoms with Crippen LogP contribution in [-0.2, 0) is 16.6 Å². The van der Waals surface area contributed by atoms with E-state index in [0.29, 0.717) is 22.4 Å². The van der Waals surface area contributed by atoms with Gasteiger partial charge in [0.05, 0.1) is 20.8 Å². The molecule has 9 heteroatoms.